The van der Waals surface area contributed by atoms with Crippen LogP contribution < -0.4 is 10.2 Å². The highest BCUT2D eigenvalue weighted by molar-refractivity contribution is 5.81. The number of anilines is 1. The van der Waals surface area contributed by atoms with Gasteiger partial charge in [0.25, 0.3) is 0 Å². The molecule has 0 saturated carbocycles. The molecule has 0 aliphatic carbocycles. The van der Waals surface area contributed by atoms with Crippen LogP contribution in [0, 0.1) is 0 Å². The van der Waals surface area contributed by atoms with Gasteiger partial charge in [0.1, 0.15) is 0 Å². The van der Waals surface area contributed by atoms with Crippen LogP contribution in [0.4, 0.5) is 5.69 Å². The van der Waals surface area contributed by atoms with Gasteiger partial charge in [-0.2, -0.15) is 0 Å². The van der Waals surface area contributed by atoms with Gasteiger partial charge in [-0.1, -0.05) is 48.5 Å². The van der Waals surface area contributed by atoms with Gasteiger partial charge < -0.3 is 15.3 Å². The Morgan fingerprint density at radius 2 is 1.58 bits per heavy atom. The molecule has 5 heteroatoms. The molecular formula is C21H27N3O2. The number of hydrogen-bond donors (Lipinski definition) is 2. The van der Waals surface area contributed by atoms with Crippen molar-refractivity contribution in [2.24, 2.45) is 0 Å². The lowest BCUT2D eigenvalue weighted by molar-refractivity contribution is -0.127. The van der Waals surface area contributed by atoms with E-state index in [9.17, 15) is 9.90 Å². The highest BCUT2D eigenvalue weighted by atomic mass is 16.3. The van der Waals surface area contributed by atoms with Crippen molar-refractivity contribution in [3.63, 3.8) is 0 Å². The van der Waals surface area contributed by atoms with E-state index < -0.39 is 0 Å². The lowest BCUT2D eigenvalue weighted by Gasteiger charge is -2.39. The molecule has 2 aromatic carbocycles. The van der Waals surface area contributed by atoms with Gasteiger partial charge in [0.2, 0.25) is 5.91 Å². The fourth-order valence-electron chi connectivity index (χ4n) is 3.44. The molecule has 26 heavy (non-hydrogen) atoms. The standard InChI is InChI=1S/C21H27N3O2/c25-16-11-20(21(26)22-17-18-7-3-1-4-8-18)24-14-12-23(13-15-24)19-9-5-2-6-10-19/h1-10,20,25H,11-17H2,(H,22,26). The molecule has 0 spiro atoms. The Morgan fingerprint density at radius 1 is 0.962 bits per heavy atom. The molecule has 0 bridgehead atoms. The second-order valence-electron chi connectivity index (χ2n) is 6.59. The monoisotopic (exact) mass is 353 g/mol. The molecule has 1 aliphatic rings. The first-order chi connectivity index (χ1) is 12.8. The third-order valence-corrected chi connectivity index (χ3v) is 4.89. The van der Waals surface area contributed by atoms with E-state index in [0.717, 1.165) is 31.7 Å². The van der Waals surface area contributed by atoms with Gasteiger partial charge in [-0.05, 0) is 24.1 Å². The number of carbonyl (C=O) groups excluding carboxylic acids is 1. The maximum atomic E-state index is 12.7. The Hall–Kier alpha value is -2.37. The van der Waals surface area contributed by atoms with E-state index in [0.29, 0.717) is 13.0 Å². The molecule has 1 amide bonds. The summed E-state index contributed by atoms with van der Waals surface area (Å²) in [5, 5.41) is 12.4. The molecule has 1 unspecified atom stereocenters. The number of nitrogens with zero attached hydrogens (tertiary/aromatic N) is 2. The number of amides is 1. The van der Waals surface area contributed by atoms with Crippen molar-refractivity contribution >= 4 is 11.6 Å². The van der Waals surface area contributed by atoms with Gasteiger partial charge in [-0.3, -0.25) is 9.69 Å². The average Bonchev–Trinajstić information content (AvgIpc) is 2.72. The summed E-state index contributed by atoms with van der Waals surface area (Å²) in [6.07, 6.45) is 0.464. The van der Waals surface area contributed by atoms with E-state index in [-0.39, 0.29) is 18.6 Å². The number of rotatable bonds is 7. The van der Waals surface area contributed by atoms with Crippen molar-refractivity contribution in [3.05, 3.63) is 66.2 Å². The first-order valence-corrected chi connectivity index (χ1v) is 9.24. The molecule has 1 aliphatic heterocycles. The quantitative estimate of drug-likeness (QED) is 0.798. The normalized spacial score (nSPS) is 16.3. The van der Waals surface area contributed by atoms with E-state index in [1.165, 1.54) is 5.69 Å². The number of carbonyl (C=O) groups is 1. The minimum absolute atomic E-state index is 0.00364. The average molecular weight is 353 g/mol. The second kappa shape index (κ2) is 9.36. The summed E-state index contributed by atoms with van der Waals surface area (Å²) in [6.45, 7) is 3.94. The van der Waals surface area contributed by atoms with Crippen molar-refractivity contribution < 1.29 is 9.90 Å². The third kappa shape index (κ3) is 4.84. The van der Waals surface area contributed by atoms with Crippen LogP contribution in [0.25, 0.3) is 0 Å². The van der Waals surface area contributed by atoms with E-state index in [1.807, 2.05) is 48.5 Å². The summed E-state index contributed by atoms with van der Waals surface area (Å²) in [4.78, 5) is 17.2. The van der Waals surface area contributed by atoms with Crippen LogP contribution in [-0.4, -0.2) is 54.7 Å². The number of benzene rings is 2. The Labute approximate surface area is 155 Å². The smallest absolute Gasteiger partial charge is 0.237 e. The van der Waals surface area contributed by atoms with E-state index in [1.54, 1.807) is 0 Å². The predicted molar refractivity (Wildman–Crippen MR) is 104 cm³/mol. The molecule has 1 saturated heterocycles. The summed E-state index contributed by atoms with van der Waals surface area (Å²) in [5.74, 6) is -0.00364. The van der Waals surface area contributed by atoms with Gasteiger partial charge in [0.15, 0.2) is 0 Å². The number of aliphatic hydroxyl groups is 1. The highest BCUT2D eigenvalue weighted by Gasteiger charge is 2.28. The number of aliphatic hydroxyl groups excluding tert-OH is 1. The lowest BCUT2D eigenvalue weighted by Crippen LogP contribution is -2.55. The SMILES string of the molecule is O=C(NCc1ccccc1)C(CCO)N1CCN(c2ccccc2)CC1. The molecule has 138 valence electrons. The molecule has 3 rings (SSSR count). The molecule has 2 N–H and O–H groups in total. The van der Waals surface area contributed by atoms with E-state index in [2.05, 4.69) is 27.2 Å². The molecular weight excluding hydrogens is 326 g/mol. The molecule has 1 atom stereocenters. The number of hydrogen-bond acceptors (Lipinski definition) is 4. The highest BCUT2D eigenvalue weighted by Crippen LogP contribution is 2.17. The first kappa shape index (κ1) is 18.4. The van der Waals surface area contributed by atoms with Crippen molar-refractivity contribution in [1.82, 2.24) is 10.2 Å². The minimum Gasteiger partial charge on any atom is -0.396 e. The Balaban J connectivity index is 1.55. The van der Waals surface area contributed by atoms with E-state index >= 15 is 0 Å². The third-order valence-electron chi connectivity index (χ3n) is 4.89. The van der Waals surface area contributed by atoms with Crippen molar-refractivity contribution in [2.75, 3.05) is 37.7 Å². The molecule has 0 aromatic heterocycles. The van der Waals surface area contributed by atoms with Crippen LogP contribution in [0.3, 0.4) is 0 Å². The Bertz CT molecular complexity index is 670. The van der Waals surface area contributed by atoms with Gasteiger partial charge in [-0.25, -0.2) is 0 Å². The molecule has 2 aromatic rings. The van der Waals surface area contributed by atoms with E-state index in [4.69, 9.17) is 0 Å². The van der Waals surface area contributed by atoms with Crippen LogP contribution in [-0.2, 0) is 11.3 Å². The summed E-state index contributed by atoms with van der Waals surface area (Å²) < 4.78 is 0. The first-order valence-electron chi connectivity index (χ1n) is 9.24. The summed E-state index contributed by atoms with van der Waals surface area (Å²) in [5.41, 5.74) is 2.30. The largest absolute Gasteiger partial charge is 0.396 e. The molecule has 5 nitrogen and oxygen atoms in total. The van der Waals surface area contributed by atoms with Gasteiger partial charge in [0.05, 0.1) is 6.04 Å². The van der Waals surface area contributed by atoms with Gasteiger partial charge in [0, 0.05) is 45.0 Å². The Kier molecular flexibility index (Phi) is 6.63. The maximum absolute atomic E-state index is 12.7. The lowest BCUT2D eigenvalue weighted by atomic mass is 10.1. The zero-order valence-electron chi connectivity index (χ0n) is 15.1. The summed E-state index contributed by atoms with van der Waals surface area (Å²) >= 11 is 0. The maximum Gasteiger partial charge on any atom is 0.237 e. The molecule has 1 heterocycles. The van der Waals surface area contributed by atoms with Crippen LogP contribution in [0.1, 0.15) is 12.0 Å². The predicted octanol–water partition coefficient (Wildman–Crippen LogP) is 1.88. The number of piperazine rings is 1. The fourth-order valence-corrected chi connectivity index (χ4v) is 3.44. The zero-order valence-corrected chi connectivity index (χ0v) is 15.1. The van der Waals surface area contributed by atoms with Crippen LogP contribution in [0.5, 0.6) is 0 Å². The number of para-hydroxylation sites is 1. The topological polar surface area (TPSA) is 55.8 Å². The molecule has 0 radical (unpaired) electrons. The van der Waals surface area contributed by atoms with Gasteiger partial charge >= 0.3 is 0 Å². The van der Waals surface area contributed by atoms with Crippen molar-refractivity contribution in [1.29, 1.82) is 0 Å². The Morgan fingerprint density at radius 3 is 2.19 bits per heavy atom. The fraction of sp³-hybridized carbons (Fsp3) is 0.381. The zero-order chi connectivity index (χ0) is 18.2. The second-order valence-corrected chi connectivity index (χ2v) is 6.59. The van der Waals surface area contributed by atoms with Crippen LogP contribution >= 0.6 is 0 Å². The van der Waals surface area contributed by atoms with Crippen LogP contribution in [0.2, 0.25) is 0 Å². The summed E-state index contributed by atoms with van der Waals surface area (Å²) in [7, 11) is 0. The van der Waals surface area contributed by atoms with Gasteiger partial charge in [-0.15, -0.1) is 0 Å². The summed E-state index contributed by atoms with van der Waals surface area (Å²) in [6, 6.07) is 20.0. The van der Waals surface area contributed by atoms with Crippen molar-refractivity contribution in [3.8, 4) is 0 Å². The molecule has 1 fully saturated rings. The minimum atomic E-state index is -0.276. The number of nitrogens with one attached hydrogen (secondary N) is 1. The van der Waals surface area contributed by atoms with Crippen molar-refractivity contribution in [2.45, 2.75) is 19.0 Å². The van der Waals surface area contributed by atoms with Crippen LogP contribution in [0.15, 0.2) is 60.7 Å².